The van der Waals surface area contributed by atoms with Crippen molar-refractivity contribution in [1.29, 1.82) is 0 Å². The molecule has 0 saturated carbocycles. The van der Waals surface area contributed by atoms with Crippen LogP contribution in [0.4, 0.5) is 8.78 Å². The van der Waals surface area contributed by atoms with Crippen molar-refractivity contribution in [2.75, 3.05) is 6.54 Å². The Morgan fingerprint density at radius 1 is 1.16 bits per heavy atom. The lowest BCUT2D eigenvalue weighted by molar-refractivity contribution is 0.301. The Labute approximate surface area is 115 Å². The first-order chi connectivity index (χ1) is 8.96. The highest BCUT2D eigenvalue weighted by Gasteiger charge is 2.17. The molecule has 3 heteroatoms. The monoisotopic (exact) mass is 269 g/mol. The molecule has 0 unspecified atom stereocenters. The van der Waals surface area contributed by atoms with Gasteiger partial charge >= 0.3 is 0 Å². The van der Waals surface area contributed by atoms with Crippen molar-refractivity contribution < 1.29 is 8.78 Å². The zero-order valence-electron chi connectivity index (χ0n) is 12.2. The van der Waals surface area contributed by atoms with Crippen molar-refractivity contribution in [3.63, 3.8) is 0 Å². The van der Waals surface area contributed by atoms with E-state index in [0.717, 1.165) is 19.0 Å². The van der Waals surface area contributed by atoms with Crippen molar-refractivity contribution >= 4 is 0 Å². The number of halogens is 2. The molecule has 0 aliphatic carbocycles. The number of unbranched alkanes of at least 4 members (excludes halogenated alkanes) is 2. The zero-order chi connectivity index (χ0) is 14.3. The van der Waals surface area contributed by atoms with Gasteiger partial charge in [-0.1, -0.05) is 52.2 Å². The molecular weight excluding hydrogens is 244 g/mol. The molecule has 1 rings (SSSR count). The highest BCUT2D eigenvalue weighted by molar-refractivity contribution is 5.18. The van der Waals surface area contributed by atoms with Gasteiger partial charge in [0, 0.05) is 18.7 Å². The molecule has 0 atom stereocenters. The summed E-state index contributed by atoms with van der Waals surface area (Å²) in [7, 11) is 0. The first kappa shape index (κ1) is 16.1. The SMILES string of the molecule is CCCCCC(C)(C)CNCc1cccc(F)c1F. The van der Waals surface area contributed by atoms with Crippen LogP contribution in [0.3, 0.4) is 0 Å². The molecule has 0 bridgehead atoms. The Hall–Kier alpha value is -0.960. The highest BCUT2D eigenvalue weighted by Crippen LogP contribution is 2.23. The third kappa shape index (κ3) is 5.68. The van der Waals surface area contributed by atoms with Crippen LogP contribution in [0.2, 0.25) is 0 Å². The fourth-order valence-corrected chi connectivity index (χ4v) is 2.16. The fourth-order valence-electron chi connectivity index (χ4n) is 2.16. The van der Waals surface area contributed by atoms with Crippen molar-refractivity contribution in [3.05, 3.63) is 35.4 Å². The standard InChI is InChI=1S/C16H25F2N/c1-4-5-6-10-16(2,3)12-19-11-13-8-7-9-14(17)15(13)18/h7-9,19H,4-6,10-12H2,1-3H3. The molecule has 1 aromatic carbocycles. The van der Waals surface area contributed by atoms with Crippen LogP contribution in [-0.4, -0.2) is 6.54 Å². The first-order valence-electron chi connectivity index (χ1n) is 7.10. The number of nitrogens with one attached hydrogen (secondary N) is 1. The van der Waals surface area contributed by atoms with E-state index in [1.807, 2.05) is 0 Å². The van der Waals surface area contributed by atoms with Gasteiger partial charge in [-0.3, -0.25) is 0 Å². The third-order valence-corrected chi connectivity index (χ3v) is 3.41. The molecule has 0 saturated heterocycles. The van der Waals surface area contributed by atoms with Crippen molar-refractivity contribution in [1.82, 2.24) is 5.32 Å². The van der Waals surface area contributed by atoms with Crippen LogP contribution in [-0.2, 0) is 6.54 Å². The lowest BCUT2D eigenvalue weighted by atomic mass is 9.87. The number of hydrogen-bond acceptors (Lipinski definition) is 1. The maximum absolute atomic E-state index is 13.5. The summed E-state index contributed by atoms with van der Waals surface area (Å²) >= 11 is 0. The van der Waals surface area contributed by atoms with E-state index in [9.17, 15) is 8.78 Å². The Balaban J connectivity index is 2.38. The minimum Gasteiger partial charge on any atom is -0.312 e. The van der Waals surface area contributed by atoms with E-state index in [4.69, 9.17) is 0 Å². The highest BCUT2D eigenvalue weighted by atomic mass is 19.2. The molecule has 1 aromatic rings. The second-order valence-electron chi connectivity index (χ2n) is 5.94. The lowest BCUT2D eigenvalue weighted by Crippen LogP contribution is -2.29. The molecule has 0 aliphatic rings. The smallest absolute Gasteiger partial charge is 0.163 e. The molecule has 0 radical (unpaired) electrons. The predicted molar refractivity (Wildman–Crippen MR) is 76.0 cm³/mol. The summed E-state index contributed by atoms with van der Waals surface area (Å²) < 4.78 is 26.5. The van der Waals surface area contributed by atoms with E-state index in [2.05, 4.69) is 26.1 Å². The van der Waals surface area contributed by atoms with Crippen LogP contribution in [0.15, 0.2) is 18.2 Å². The minimum atomic E-state index is -0.776. The Kier molecular flexibility index (Phi) is 6.43. The second kappa shape index (κ2) is 7.59. The van der Waals surface area contributed by atoms with Crippen LogP contribution < -0.4 is 5.32 Å². The Morgan fingerprint density at radius 2 is 1.89 bits per heavy atom. The minimum absolute atomic E-state index is 0.193. The molecule has 108 valence electrons. The van der Waals surface area contributed by atoms with E-state index in [1.165, 1.54) is 19.3 Å². The first-order valence-corrected chi connectivity index (χ1v) is 7.10. The van der Waals surface area contributed by atoms with Gasteiger partial charge in [0.25, 0.3) is 0 Å². The molecule has 0 fully saturated rings. The van der Waals surface area contributed by atoms with Crippen LogP contribution in [0, 0.1) is 17.0 Å². The molecule has 0 amide bonds. The van der Waals surface area contributed by atoms with Crippen LogP contribution in [0.5, 0.6) is 0 Å². The van der Waals surface area contributed by atoms with Gasteiger partial charge in [-0.25, -0.2) is 8.78 Å². The van der Waals surface area contributed by atoms with Crippen molar-refractivity contribution in [2.45, 2.75) is 53.0 Å². The average molecular weight is 269 g/mol. The van der Waals surface area contributed by atoms with Crippen molar-refractivity contribution in [2.24, 2.45) is 5.41 Å². The maximum Gasteiger partial charge on any atom is 0.163 e. The zero-order valence-corrected chi connectivity index (χ0v) is 12.2. The van der Waals surface area contributed by atoms with E-state index in [-0.39, 0.29) is 5.41 Å². The third-order valence-electron chi connectivity index (χ3n) is 3.41. The molecule has 0 heterocycles. The largest absolute Gasteiger partial charge is 0.312 e. The van der Waals surface area contributed by atoms with Crippen LogP contribution in [0.1, 0.15) is 52.0 Å². The van der Waals surface area contributed by atoms with E-state index >= 15 is 0 Å². The predicted octanol–water partition coefficient (Wildman–Crippen LogP) is 4.66. The Bertz CT molecular complexity index is 388. The molecule has 1 N–H and O–H groups in total. The van der Waals surface area contributed by atoms with Gasteiger partial charge in [-0.2, -0.15) is 0 Å². The molecular formula is C16H25F2N. The van der Waals surface area contributed by atoms with E-state index in [0.29, 0.717) is 12.1 Å². The topological polar surface area (TPSA) is 12.0 Å². The van der Waals surface area contributed by atoms with E-state index < -0.39 is 11.6 Å². The summed E-state index contributed by atoms with van der Waals surface area (Å²) in [4.78, 5) is 0. The lowest BCUT2D eigenvalue weighted by Gasteiger charge is -2.25. The molecule has 0 aromatic heterocycles. The average Bonchev–Trinajstić information content (AvgIpc) is 2.34. The Morgan fingerprint density at radius 3 is 2.58 bits per heavy atom. The van der Waals surface area contributed by atoms with Gasteiger partial charge in [-0.15, -0.1) is 0 Å². The van der Waals surface area contributed by atoms with Gasteiger partial charge in [0.2, 0.25) is 0 Å². The van der Waals surface area contributed by atoms with Gasteiger partial charge in [0.05, 0.1) is 0 Å². The number of benzene rings is 1. The number of hydrogen-bond donors (Lipinski definition) is 1. The summed E-state index contributed by atoms with van der Waals surface area (Å²) in [5, 5.41) is 3.23. The van der Waals surface area contributed by atoms with Crippen LogP contribution >= 0.6 is 0 Å². The van der Waals surface area contributed by atoms with Gasteiger partial charge in [-0.05, 0) is 17.9 Å². The van der Waals surface area contributed by atoms with E-state index in [1.54, 1.807) is 12.1 Å². The van der Waals surface area contributed by atoms with Crippen molar-refractivity contribution in [3.8, 4) is 0 Å². The van der Waals surface area contributed by atoms with Gasteiger partial charge < -0.3 is 5.32 Å². The summed E-state index contributed by atoms with van der Waals surface area (Å²) in [6.45, 7) is 7.79. The van der Waals surface area contributed by atoms with Gasteiger partial charge in [0.1, 0.15) is 0 Å². The molecule has 0 spiro atoms. The summed E-state index contributed by atoms with van der Waals surface area (Å²) in [6, 6.07) is 4.31. The summed E-state index contributed by atoms with van der Waals surface area (Å²) in [5.41, 5.74) is 0.586. The van der Waals surface area contributed by atoms with Crippen LogP contribution in [0.25, 0.3) is 0 Å². The maximum atomic E-state index is 13.5. The second-order valence-corrected chi connectivity index (χ2v) is 5.94. The normalized spacial score (nSPS) is 11.8. The summed E-state index contributed by atoms with van der Waals surface area (Å²) in [6.07, 6.45) is 4.85. The quantitative estimate of drug-likeness (QED) is 0.677. The fraction of sp³-hybridized carbons (Fsp3) is 0.625. The molecule has 0 aliphatic heterocycles. The van der Waals surface area contributed by atoms with Gasteiger partial charge in [0.15, 0.2) is 11.6 Å². The molecule has 1 nitrogen and oxygen atoms in total. The molecule has 19 heavy (non-hydrogen) atoms. The number of rotatable bonds is 8. The summed E-state index contributed by atoms with van der Waals surface area (Å²) in [5.74, 6) is -1.51.